The van der Waals surface area contributed by atoms with Gasteiger partial charge in [-0.05, 0) is 42.7 Å². The third-order valence-electron chi connectivity index (χ3n) is 4.85. The van der Waals surface area contributed by atoms with Crippen LogP contribution in [-0.4, -0.2) is 41.2 Å². The Labute approximate surface area is 167 Å². The molecule has 0 radical (unpaired) electrons. The Morgan fingerprint density at radius 3 is 2.64 bits per heavy atom. The first-order valence-corrected chi connectivity index (χ1v) is 10.1. The molecule has 2 aromatic carbocycles. The number of nitrogens with zero attached hydrogens (tertiary/aromatic N) is 2. The van der Waals surface area contributed by atoms with Gasteiger partial charge in [0, 0.05) is 25.7 Å². The summed E-state index contributed by atoms with van der Waals surface area (Å²) in [5.74, 6) is 0.250. The molecule has 28 heavy (non-hydrogen) atoms. The van der Waals surface area contributed by atoms with Crippen molar-refractivity contribution < 1.29 is 14.3 Å². The van der Waals surface area contributed by atoms with Crippen LogP contribution in [0.1, 0.15) is 18.4 Å². The summed E-state index contributed by atoms with van der Waals surface area (Å²) < 4.78 is 7.01. The number of carbonyl (C=O) groups is 2. The Morgan fingerprint density at radius 1 is 1.18 bits per heavy atom. The van der Waals surface area contributed by atoms with Gasteiger partial charge in [0.05, 0.1) is 10.2 Å². The molecule has 4 rings (SSSR count). The molecular weight excluding hydrogens is 374 g/mol. The molecule has 6 nitrogen and oxygen atoms in total. The molecule has 0 unspecified atom stereocenters. The molecule has 0 atom stereocenters. The molecule has 3 aromatic rings. The first-order valence-electron chi connectivity index (χ1n) is 9.30. The lowest BCUT2D eigenvalue weighted by Gasteiger charge is -2.32. The van der Waals surface area contributed by atoms with Crippen molar-refractivity contribution in [3.63, 3.8) is 0 Å². The second-order valence-corrected chi connectivity index (χ2v) is 7.86. The zero-order chi connectivity index (χ0) is 19.3. The summed E-state index contributed by atoms with van der Waals surface area (Å²) >= 11 is 1.54. The Hall–Kier alpha value is -2.77. The van der Waals surface area contributed by atoms with Crippen LogP contribution in [-0.2, 0) is 16.1 Å². The molecule has 1 N–H and O–H groups in total. The van der Waals surface area contributed by atoms with Crippen molar-refractivity contribution in [2.24, 2.45) is 0 Å². The average Bonchev–Trinajstić information content (AvgIpc) is 3.13. The lowest BCUT2D eigenvalue weighted by atomic mass is 10.0. The lowest BCUT2D eigenvalue weighted by Crippen LogP contribution is -2.44. The molecular formula is C21H21N3O3S. The number of likely N-dealkylation sites (tertiary alicyclic amines) is 1. The third-order valence-corrected chi connectivity index (χ3v) is 5.76. The summed E-state index contributed by atoms with van der Waals surface area (Å²) in [4.78, 5) is 28.4. The molecule has 1 aliphatic rings. The van der Waals surface area contributed by atoms with E-state index in [0.717, 1.165) is 48.4 Å². The number of rotatable bonds is 6. The zero-order valence-electron chi connectivity index (χ0n) is 15.3. The number of carbonyl (C=O) groups excluding carboxylic acids is 2. The van der Waals surface area contributed by atoms with Gasteiger partial charge in [-0.1, -0.05) is 35.6 Å². The van der Waals surface area contributed by atoms with Crippen molar-refractivity contribution in [3.05, 3.63) is 54.1 Å². The summed E-state index contributed by atoms with van der Waals surface area (Å²) in [5, 5.41) is 3.38. The first-order chi connectivity index (χ1) is 13.7. The van der Waals surface area contributed by atoms with Crippen molar-refractivity contribution in [3.8, 4) is 10.9 Å². The van der Waals surface area contributed by atoms with Gasteiger partial charge < -0.3 is 10.1 Å². The summed E-state index contributed by atoms with van der Waals surface area (Å²) in [6.45, 7) is 2.65. The summed E-state index contributed by atoms with van der Waals surface area (Å²) in [6, 6.07) is 16.2. The van der Waals surface area contributed by atoms with Crippen LogP contribution in [0.2, 0.25) is 0 Å². The minimum Gasteiger partial charge on any atom is -0.431 e. The van der Waals surface area contributed by atoms with E-state index in [9.17, 15) is 9.59 Å². The molecule has 0 aliphatic carbocycles. The number of fused-ring (bicyclic) bond motifs is 1. The van der Waals surface area contributed by atoms with Gasteiger partial charge in [-0.25, -0.2) is 4.98 Å². The molecule has 144 valence electrons. The van der Waals surface area contributed by atoms with E-state index in [0.29, 0.717) is 11.5 Å². The van der Waals surface area contributed by atoms with Gasteiger partial charge in [0.25, 0.3) is 11.1 Å². The fourth-order valence-electron chi connectivity index (χ4n) is 3.39. The van der Waals surface area contributed by atoms with E-state index in [4.69, 9.17) is 4.74 Å². The van der Waals surface area contributed by atoms with E-state index in [1.54, 1.807) is 0 Å². The van der Waals surface area contributed by atoms with Crippen LogP contribution in [0.15, 0.2) is 48.5 Å². The fraction of sp³-hybridized carbons (Fsp3) is 0.286. The van der Waals surface area contributed by atoms with E-state index in [-0.39, 0.29) is 6.04 Å². The number of aldehydes is 1. The Balaban J connectivity index is 1.30. The number of hydrogen-bond donors (Lipinski definition) is 1. The summed E-state index contributed by atoms with van der Waals surface area (Å²) in [7, 11) is 0. The fourth-order valence-corrected chi connectivity index (χ4v) is 4.22. The van der Waals surface area contributed by atoms with Gasteiger partial charge in [-0.3, -0.25) is 14.5 Å². The number of piperidine rings is 1. The second kappa shape index (κ2) is 8.50. The van der Waals surface area contributed by atoms with Crippen molar-refractivity contribution in [2.75, 3.05) is 13.1 Å². The minimum absolute atomic E-state index is 0.0959. The van der Waals surface area contributed by atoms with E-state index < -0.39 is 5.91 Å². The van der Waals surface area contributed by atoms with Crippen LogP contribution >= 0.6 is 11.3 Å². The van der Waals surface area contributed by atoms with Crippen molar-refractivity contribution in [1.29, 1.82) is 0 Å². The Bertz CT molecular complexity index is 929. The number of nitrogens with one attached hydrogen (secondary N) is 1. The van der Waals surface area contributed by atoms with Crippen LogP contribution in [0, 0.1) is 0 Å². The quantitative estimate of drug-likeness (QED) is 0.512. The maximum Gasteiger partial charge on any atom is 0.284 e. The van der Waals surface area contributed by atoms with Gasteiger partial charge in [0.1, 0.15) is 5.75 Å². The highest BCUT2D eigenvalue weighted by atomic mass is 32.1. The largest absolute Gasteiger partial charge is 0.431 e. The number of para-hydroxylation sites is 1. The molecule has 7 heteroatoms. The maximum atomic E-state index is 11.2. The smallest absolute Gasteiger partial charge is 0.284 e. The van der Waals surface area contributed by atoms with Gasteiger partial charge in [-0.15, -0.1) is 0 Å². The summed E-state index contributed by atoms with van der Waals surface area (Å²) in [5.41, 5.74) is 2.17. The third kappa shape index (κ3) is 4.55. The van der Waals surface area contributed by atoms with E-state index in [1.807, 2.05) is 36.4 Å². The summed E-state index contributed by atoms with van der Waals surface area (Å²) in [6.07, 6.45) is 2.06. The average molecular weight is 395 g/mol. The van der Waals surface area contributed by atoms with Crippen LogP contribution in [0.25, 0.3) is 10.2 Å². The Morgan fingerprint density at radius 2 is 1.93 bits per heavy atom. The van der Waals surface area contributed by atoms with Gasteiger partial charge in [0.15, 0.2) is 0 Å². The van der Waals surface area contributed by atoms with Crippen molar-refractivity contribution >= 4 is 33.7 Å². The monoisotopic (exact) mass is 395 g/mol. The highest BCUT2D eigenvalue weighted by Gasteiger charge is 2.20. The van der Waals surface area contributed by atoms with E-state index in [2.05, 4.69) is 27.3 Å². The maximum absolute atomic E-state index is 11.2. The predicted molar refractivity (Wildman–Crippen MR) is 109 cm³/mol. The number of benzene rings is 2. The van der Waals surface area contributed by atoms with Crippen LogP contribution in [0.3, 0.4) is 0 Å². The van der Waals surface area contributed by atoms with Crippen LogP contribution in [0.5, 0.6) is 10.9 Å². The highest BCUT2D eigenvalue weighted by Crippen LogP contribution is 2.31. The van der Waals surface area contributed by atoms with E-state index >= 15 is 0 Å². The van der Waals surface area contributed by atoms with Gasteiger partial charge in [0.2, 0.25) is 6.29 Å². The van der Waals surface area contributed by atoms with Crippen LogP contribution < -0.4 is 10.1 Å². The zero-order valence-corrected chi connectivity index (χ0v) is 16.2. The number of hydrogen-bond acceptors (Lipinski definition) is 6. The van der Waals surface area contributed by atoms with E-state index in [1.165, 1.54) is 16.9 Å². The Kier molecular flexibility index (Phi) is 5.64. The van der Waals surface area contributed by atoms with Crippen LogP contribution in [0.4, 0.5) is 0 Å². The molecule has 0 bridgehead atoms. The lowest BCUT2D eigenvalue weighted by molar-refractivity contribution is -0.132. The predicted octanol–water partition coefficient (Wildman–Crippen LogP) is 3.37. The molecule has 1 aromatic heterocycles. The normalized spacial score (nSPS) is 15.4. The SMILES string of the molecule is O=CC(=O)NC1CCN(Cc2ccc(Oc3nc4ccccc4s3)cc2)CC1. The number of amides is 1. The standard InChI is InChI=1S/C21H21N3O3S/c25-14-20(26)22-16-9-11-24(12-10-16)13-15-5-7-17(8-6-15)27-21-23-18-3-1-2-4-19(18)28-21/h1-8,14,16H,9-13H2,(H,22,26). The number of aromatic nitrogens is 1. The second-order valence-electron chi connectivity index (χ2n) is 6.87. The molecule has 1 aliphatic heterocycles. The minimum atomic E-state index is -0.526. The highest BCUT2D eigenvalue weighted by molar-refractivity contribution is 7.20. The topological polar surface area (TPSA) is 71.5 Å². The van der Waals surface area contributed by atoms with Crippen molar-refractivity contribution in [2.45, 2.75) is 25.4 Å². The first kappa shape index (κ1) is 18.6. The molecule has 0 saturated carbocycles. The number of thiazole rings is 1. The number of ether oxygens (including phenoxy) is 1. The molecule has 1 saturated heterocycles. The van der Waals surface area contributed by atoms with Crippen molar-refractivity contribution in [1.82, 2.24) is 15.2 Å². The molecule has 1 amide bonds. The van der Waals surface area contributed by atoms with Gasteiger partial charge >= 0.3 is 0 Å². The molecule has 2 heterocycles. The molecule has 0 spiro atoms. The molecule has 1 fully saturated rings. The van der Waals surface area contributed by atoms with Gasteiger partial charge in [-0.2, -0.15) is 0 Å².